The Morgan fingerprint density at radius 1 is 1.14 bits per heavy atom. The van der Waals surface area contributed by atoms with Gasteiger partial charge in [0.15, 0.2) is 17.7 Å². The highest BCUT2D eigenvalue weighted by molar-refractivity contribution is 5.66. The zero-order valence-electron chi connectivity index (χ0n) is 18.5. The molecule has 8 nitrogen and oxygen atoms in total. The second-order valence-corrected chi connectivity index (χ2v) is 7.97. The van der Waals surface area contributed by atoms with Crippen molar-refractivity contribution in [2.24, 2.45) is 0 Å². The number of aromatic nitrogens is 3. The van der Waals surface area contributed by atoms with Crippen LogP contribution in [-0.2, 0) is 0 Å². The Labute approximate surface area is 198 Å². The summed E-state index contributed by atoms with van der Waals surface area (Å²) in [5.74, 6) is -0.681. The number of ether oxygens (including phenoxy) is 1. The van der Waals surface area contributed by atoms with Gasteiger partial charge >= 0.3 is 6.18 Å². The van der Waals surface area contributed by atoms with Gasteiger partial charge in [-0.05, 0) is 49.7 Å². The second-order valence-electron chi connectivity index (χ2n) is 7.97. The molecule has 12 heteroatoms. The van der Waals surface area contributed by atoms with E-state index in [9.17, 15) is 17.6 Å². The van der Waals surface area contributed by atoms with Crippen LogP contribution in [0.15, 0.2) is 48.8 Å². The van der Waals surface area contributed by atoms with E-state index in [0.717, 1.165) is 25.9 Å². The number of hydrogen-bond donors (Lipinski definition) is 4. The third-order valence-electron chi connectivity index (χ3n) is 5.37. The number of rotatable bonds is 8. The van der Waals surface area contributed by atoms with E-state index in [1.54, 1.807) is 24.4 Å². The van der Waals surface area contributed by atoms with Gasteiger partial charge in [-0.1, -0.05) is 6.07 Å². The van der Waals surface area contributed by atoms with Crippen LogP contribution in [0, 0.1) is 5.82 Å². The first-order chi connectivity index (χ1) is 16.8. The largest absolute Gasteiger partial charge is 0.435 e. The van der Waals surface area contributed by atoms with Crippen LogP contribution in [0.25, 0.3) is 11.3 Å². The van der Waals surface area contributed by atoms with E-state index in [-0.39, 0.29) is 23.4 Å². The molecule has 1 aliphatic heterocycles. The van der Waals surface area contributed by atoms with Gasteiger partial charge in [0.1, 0.15) is 0 Å². The summed E-state index contributed by atoms with van der Waals surface area (Å²) in [5.41, 5.74) is 0.722. The van der Waals surface area contributed by atoms with Gasteiger partial charge in [0, 0.05) is 31.5 Å². The first-order valence-corrected chi connectivity index (χ1v) is 11.0. The molecule has 3 aromatic rings. The Morgan fingerprint density at radius 3 is 2.77 bits per heavy atom. The summed E-state index contributed by atoms with van der Waals surface area (Å²) in [5, 5.41) is 18.0. The molecule has 2 atom stereocenters. The van der Waals surface area contributed by atoms with Crippen molar-refractivity contribution in [2.45, 2.75) is 31.2 Å². The molecule has 0 radical (unpaired) electrons. The molecular weight excluding hydrogens is 468 g/mol. The molecule has 1 unspecified atom stereocenters. The van der Waals surface area contributed by atoms with Gasteiger partial charge in [-0.15, -0.1) is 0 Å². The number of nitrogens with zero attached hydrogens (tertiary/aromatic N) is 3. The number of hydrogen-bond acceptors (Lipinski definition) is 8. The van der Waals surface area contributed by atoms with Gasteiger partial charge in [0.05, 0.1) is 16.9 Å². The fraction of sp³-hybridized carbons (Fsp3) is 0.348. The highest BCUT2D eigenvalue weighted by Gasteiger charge is 2.38. The van der Waals surface area contributed by atoms with Crippen LogP contribution in [0.4, 0.5) is 29.2 Å². The van der Waals surface area contributed by atoms with Crippen molar-refractivity contribution in [3.8, 4) is 22.9 Å². The topological polar surface area (TPSA) is 104 Å². The Morgan fingerprint density at radius 2 is 2.00 bits per heavy atom. The number of piperidine rings is 1. The highest BCUT2D eigenvalue weighted by atomic mass is 19.4. The van der Waals surface area contributed by atoms with E-state index < -0.39 is 24.6 Å². The average molecular weight is 492 g/mol. The third-order valence-corrected chi connectivity index (χ3v) is 5.37. The van der Waals surface area contributed by atoms with Gasteiger partial charge in [-0.3, -0.25) is 0 Å². The summed E-state index contributed by atoms with van der Waals surface area (Å²) in [6.07, 6.45) is -2.36. The monoisotopic (exact) mass is 492 g/mol. The molecule has 0 amide bonds. The molecule has 2 aromatic heterocycles. The van der Waals surface area contributed by atoms with E-state index in [4.69, 9.17) is 9.84 Å². The summed E-state index contributed by atoms with van der Waals surface area (Å²) in [4.78, 5) is 13.0. The van der Waals surface area contributed by atoms with Crippen molar-refractivity contribution in [3.05, 3.63) is 54.6 Å². The zero-order valence-corrected chi connectivity index (χ0v) is 18.5. The maximum Gasteiger partial charge on any atom is 0.416 e. The fourth-order valence-corrected chi connectivity index (χ4v) is 3.56. The predicted molar refractivity (Wildman–Crippen MR) is 122 cm³/mol. The minimum absolute atomic E-state index is 0.0582. The molecule has 4 rings (SSSR count). The predicted octanol–water partition coefficient (Wildman–Crippen LogP) is 3.97. The van der Waals surface area contributed by atoms with E-state index in [2.05, 4.69) is 30.9 Å². The summed E-state index contributed by atoms with van der Waals surface area (Å²) in [6.45, 7) is 0.871. The first kappa shape index (κ1) is 24.6. The van der Waals surface area contributed by atoms with Crippen LogP contribution in [0.3, 0.4) is 0 Å². The maximum atomic E-state index is 14.9. The Balaban J connectivity index is 1.53. The lowest BCUT2D eigenvalue weighted by atomic mass is 10.1. The van der Waals surface area contributed by atoms with Gasteiger partial charge in [0.25, 0.3) is 0 Å². The third kappa shape index (κ3) is 6.34. The van der Waals surface area contributed by atoms with Crippen LogP contribution in [0.1, 0.15) is 12.8 Å². The summed E-state index contributed by atoms with van der Waals surface area (Å²) < 4.78 is 58.3. The van der Waals surface area contributed by atoms with Crippen molar-refractivity contribution >= 4 is 11.6 Å². The van der Waals surface area contributed by atoms with Crippen molar-refractivity contribution < 1.29 is 27.4 Å². The number of aliphatic hydroxyl groups excluding tert-OH is 1. The van der Waals surface area contributed by atoms with Gasteiger partial charge < -0.3 is 25.8 Å². The van der Waals surface area contributed by atoms with E-state index in [0.29, 0.717) is 17.2 Å². The summed E-state index contributed by atoms with van der Waals surface area (Å²) in [7, 11) is 0. The lowest BCUT2D eigenvalue weighted by Crippen LogP contribution is -2.38. The van der Waals surface area contributed by atoms with E-state index >= 15 is 0 Å². The molecule has 186 valence electrons. The van der Waals surface area contributed by atoms with Crippen molar-refractivity contribution in [2.75, 3.05) is 30.3 Å². The molecular formula is C23H24F4N6O2. The molecule has 1 saturated heterocycles. The molecule has 1 aromatic carbocycles. The molecule has 4 N–H and O–H groups in total. The van der Waals surface area contributed by atoms with Gasteiger partial charge in [0.2, 0.25) is 11.8 Å². The number of alkyl halides is 3. The Kier molecular flexibility index (Phi) is 7.61. The minimum atomic E-state index is -4.82. The Bertz CT molecular complexity index is 1140. The van der Waals surface area contributed by atoms with Crippen LogP contribution < -0.4 is 20.7 Å². The van der Waals surface area contributed by atoms with Gasteiger partial charge in [-0.2, -0.15) is 13.2 Å². The van der Waals surface area contributed by atoms with E-state index in [1.165, 1.54) is 24.4 Å². The van der Waals surface area contributed by atoms with Gasteiger partial charge in [-0.25, -0.2) is 19.3 Å². The molecule has 0 spiro atoms. The molecule has 3 heterocycles. The molecule has 0 aliphatic carbocycles. The molecule has 35 heavy (non-hydrogen) atoms. The average Bonchev–Trinajstić information content (AvgIpc) is 2.85. The maximum absolute atomic E-state index is 14.9. The number of anilines is 2. The lowest BCUT2D eigenvalue weighted by molar-refractivity contribution is -0.198. The molecule has 0 bridgehead atoms. The summed E-state index contributed by atoms with van der Waals surface area (Å²) in [6, 6.07) is 9.22. The number of nitrogens with one attached hydrogen (secondary N) is 3. The first-order valence-electron chi connectivity index (χ1n) is 11.0. The van der Waals surface area contributed by atoms with Crippen LogP contribution in [-0.4, -0.2) is 58.0 Å². The smallest absolute Gasteiger partial charge is 0.416 e. The molecule has 1 aliphatic rings. The van der Waals surface area contributed by atoms with Crippen LogP contribution >= 0.6 is 0 Å². The molecule has 0 saturated carbocycles. The zero-order chi connectivity index (χ0) is 24.8. The quantitative estimate of drug-likeness (QED) is 0.351. The van der Waals surface area contributed by atoms with Crippen molar-refractivity contribution in [1.82, 2.24) is 20.3 Å². The Hall–Kier alpha value is -3.51. The SMILES string of the molecule is OC(CNc1cccc(Oc2ncccc2-c2ccnc(N[C@@H]3CCCNC3)n2)c1F)C(F)(F)F. The van der Waals surface area contributed by atoms with Crippen LogP contribution in [0.5, 0.6) is 11.6 Å². The standard InChI is InChI=1S/C23H24F4N6O2/c24-20-17(31-13-19(34)23(25,26)27)6-1-7-18(20)35-21-15(5-3-10-29-21)16-8-11-30-22(33-16)32-14-4-2-9-28-12-14/h1,3,5-8,10-11,14,19,28,31,34H,2,4,9,12-13H2,(H,30,32,33)/t14-,19?/m1/s1. The second kappa shape index (κ2) is 10.8. The van der Waals surface area contributed by atoms with Crippen molar-refractivity contribution in [3.63, 3.8) is 0 Å². The highest BCUT2D eigenvalue weighted by Crippen LogP contribution is 2.34. The lowest BCUT2D eigenvalue weighted by Gasteiger charge is -2.23. The van der Waals surface area contributed by atoms with Crippen LogP contribution in [0.2, 0.25) is 0 Å². The number of pyridine rings is 1. The number of halogens is 4. The summed E-state index contributed by atoms with van der Waals surface area (Å²) >= 11 is 0. The number of benzene rings is 1. The number of aliphatic hydroxyl groups is 1. The van der Waals surface area contributed by atoms with Crippen molar-refractivity contribution in [1.29, 1.82) is 0 Å². The minimum Gasteiger partial charge on any atom is -0.435 e. The fourth-order valence-electron chi connectivity index (χ4n) is 3.56. The van der Waals surface area contributed by atoms with E-state index in [1.807, 2.05) is 0 Å². The normalized spacial score (nSPS) is 17.0. The molecule has 1 fully saturated rings.